The van der Waals surface area contributed by atoms with Crippen LogP contribution < -0.4 is 24.3 Å². The van der Waals surface area contributed by atoms with E-state index in [1.165, 1.54) is 11.1 Å². The van der Waals surface area contributed by atoms with Crippen LogP contribution in [0.15, 0.2) is 30.3 Å². The number of methoxy groups -OCH3 is 4. The number of benzene rings is 3. The summed E-state index contributed by atoms with van der Waals surface area (Å²) < 4.78 is 23.4. The Morgan fingerprint density at radius 1 is 0.839 bits per heavy atom. The van der Waals surface area contributed by atoms with E-state index in [9.17, 15) is 0 Å². The van der Waals surface area contributed by atoms with Crippen molar-refractivity contribution < 1.29 is 18.9 Å². The predicted molar refractivity (Wildman–Crippen MR) is 125 cm³/mol. The second kappa shape index (κ2) is 8.31. The Bertz CT molecular complexity index is 1140. The van der Waals surface area contributed by atoms with Crippen LogP contribution in [-0.2, 0) is 6.42 Å². The monoisotopic (exact) mass is 421 g/mol. The fourth-order valence-electron chi connectivity index (χ4n) is 4.97. The average molecular weight is 422 g/mol. The maximum atomic E-state index is 6.06. The zero-order valence-corrected chi connectivity index (χ0v) is 19.4. The number of nitrogens with one attached hydrogen (secondary N) is 1. The normalized spacial score (nSPS) is 17.9. The van der Waals surface area contributed by atoms with Crippen LogP contribution in [0.4, 0.5) is 0 Å². The van der Waals surface area contributed by atoms with Crippen molar-refractivity contribution in [2.24, 2.45) is 0 Å². The minimum Gasteiger partial charge on any atom is -0.496 e. The first-order valence-corrected chi connectivity index (χ1v) is 10.6. The Morgan fingerprint density at radius 3 is 2.19 bits per heavy atom. The molecule has 5 nitrogen and oxygen atoms in total. The molecule has 2 atom stereocenters. The van der Waals surface area contributed by atoms with Gasteiger partial charge in [0.2, 0.25) is 0 Å². The Labute approximate surface area is 184 Å². The molecule has 4 rings (SSSR count). The molecule has 0 aliphatic carbocycles. The van der Waals surface area contributed by atoms with Crippen LogP contribution in [0.1, 0.15) is 36.6 Å². The van der Waals surface area contributed by atoms with Gasteiger partial charge in [-0.1, -0.05) is 6.07 Å². The lowest BCUT2D eigenvalue weighted by Gasteiger charge is -2.32. The summed E-state index contributed by atoms with van der Waals surface area (Å²) in [4.78, 5) is 0. The summed E-state index contributed by atoms with van der Waals surface area (Å²) in [6.45, 7) is 6.46. The molecular formula is C26H31NO4. The van der Waals surface area contributed by atoms with Crippen LogP contribution in [0.25, 0.3) is 21.9 Å². The van der Waals surface area contributed by atoms with Gasteiger partial charge < -0.3 is 24.3 Å². The number of fused-ring (bicyclic) bond motifs is 2. The van der Waals surface area contributed by atoms with E-state index in [0.29, 0.717) is 6.04 Å². The molecule has 0 spiro atoms. The summed E-state index contributed by atoms with van der Waals surface area (Å²) in [5, 5.41) is 5.63. The van der Waals surface area contributed by atoms with E-state index in [1.54, 1.807) is 28.4 Å². The van der Waals surface area contributed by atoms with Gasteiger partial charge in [0.1, 0.15) is 23.0 Å². The van der Waals surface area contributed by atoms with Gasteiger partial charge in [-0.3, -0.25) is 0 Å². The lowest BCUT2D eigenvalue weighted by atomic mass is 9.85. The molecule has 3 aromatic carbocycles. The van der Waals surface area contributed by atoms with Crippen LogP contribution in [0.2, 0.25) is 0 Å². The number of ether oxygens (including phenoxy) is 4. The fourth-order valence-corrected chi connectivity index (χ4v) is 4.97. The highest BCUT2D eigenvalue weighted by atomic mass is 16.5. The molecule has 1 aliphatic rings. The van der Waals surface area contributed by atoms with Gasteiger partial charge >= 0.3 is 0 Å². The minimum atomic E-state index is 0.180. The third-order valence-electron chi connectivity index (χ3n) is 6.18. The Morgan fingerprint density at radius 2 is 1.55 bits per heavy atom. The highest BCUT2D eigenvalue weighted by Gasteiger charge is 2.30. The zero-order chi connectivity index (χ0) is 22.3. The molecule has 0 saturated heterocycles. The highest BCUT2D eigenvalue weighted by Crippen LogP contribution is 2.50. The van der Waals surface area contributed by atoms with E-state index >= 15 is 0 Å². The van der Waals surface area contributed by atoms with Crippen molar-refractivity contribution in [2.45, 2.75) is 39.3 Å². The van der Waals surface area contributed by atoms with Crippen LogP contribution >= 0.6 is 0 Å². The maximum absolute atomic E-state index is 6.06. The minimum absolute atomic E-state index is 0.180. The molecule has 1 N–H and O–H groups in total. The first-order valence-electron chi connectivity index (χ1n) is 10.6. The molecule has 0 radical (unpaired) electrons. The van der Waals surface area contributed by atoms with Gasteiger partial charge in [0.25, 0.3) is 0 Å². The van der Waals surface area contributed by atoms with Crippen LogP contribution in [-0.4, -0.2) is 34.5 Å². The molecule has 0 amide bonds. The summed E-state index contributed by atoms with van der Waals surface area (Å²) in [6, 6.07) is 11.0. The molecule has 1 heterocycles. The second-order valence-corrected chi connectivity index (χ2v) is 8.26. The van der Waals surface area contributed by atoms with Crippen LogP contribution in [0.3, 0.4) is 0 Å². The van der Waals surface area contributed by atoms with Crippen molar-refractivity contribution in [1.29, 1.82) is 0 Å². The topological polar surface area (TPSA) is 49.0 Å². The zero-order valence-electron chi connectivity index (χ0n) is 19.4. The Hall–Kier alpha value is -2.92. The van der Waals surface area contributed by atoms with E-state index in [0.717, 1.165) is 56.9 Å². The molecule has 0 unspecified atom stereocenters. The number of aryl methyl sites for hydroxylation is 1. The first kappa shape index (κ1) is 21.3. The van der Waals surface area contributed by atoms with E-state index < -0.39 is 0 Å². The second-order valence-electron chi connectivity index (χ2n) is 8.26. The van der Waals surface area contributed by atoms with E-state index in [2.05, 4.69) is 44.3 Å². The van der Waals surface area contributed by atoms with Crippen molar-refractivity contribution in [3.05, 3.63) is 47.0 Å². The number of rotatable bonds is 5. The van der Waals surface area contributed by atoms with Crippen LogP contribution in [0.5, 0.6) is 23.0 Å². The third kappa shape index (κ3) is 3.47. The molecule has 0 saturated carbocycles. The van der Waals surface area contributed by atoms with Crippen molar-refractivity contribution >= 4 is 10.8 Å². The summed E-state index contributed by atoms with van der Waals surface area (Å²) in [5.74, 6) is 3.22. The van der Waals surface area contributed by atoms with Crippen molar-refractivity contribution in [3.63, 3.8) is 0 Å². The number of hydrogen-bond donors (Lipinski definition) is 1. The van der Waals surface area contributed by atoms with Gasteiger partial charge in [0, 0.05) is 17.6 Å². The largest absolute Gasteiger partial charge is 0.496 e. The molecule has 0 bridgehead atoms. The predicted octanol–water partition coefficient (Wildman–Crippen LogP) is 5.44. The van der Waals surface area contributed by atoms with E-state index in [1.807, 2.05) is 12.1 Å². The van der Waals surface area contributed by atoms with Crippen molar-refractivity contribution in [2.75, 3.05) is 28.4 Å². The lowest BCUT2D eigenvalue weighted by Crippen LogP contribution is -2.36. The molecule has 0 aromatic heterocycles. The maximum Gasteiger partial charge on any atom is 0.135 e. The third-order valence-corrected chi connectivity index (χ3v) is 6.18. The molecule has 3 aromatic rings. The molecule has 1 aliphatic heterocycles. The van der Waals surface area contributed by atoms with Gasteiger partial charge in [-0.25, -0.2) is 0 Å². The number of hydrogen-bond acceptors (Lipinski definition) is 5. The smallest absolute Gasteiger partial charge is 0.135 e. The Kier molecular flexibility index (Phi) is 5.71. The van der Waals surface area contributed by atoms with Gasteiger partial charge in [-0.2, -0.15) is 0 Å². The standard InChI is InChI=1S/C26H31NO4/c1-14-10-19-18(8-9-20(28-4)24(19)21(11-14)29-5)25-22(30-6)13-17-12-15(2)27-16(3)23(17)26(25)31-7/h8-11,13,15-16,27H,12H2,1-7H3/t15-,16-/m1/s1. The summed E-state index contributed by atoms with van der Waals surface area (Å²) in [6.07, 6.45) is 0.933. The van der Waals surface area contributed by atoms with Crippen molar-refractivity contribution in [3.8, 4) is 34.1 Å². The van der Waals surface area contributed by atoms with E-state index in [4.69, 9.17) is 18.9 Å². The SMILES string of the molecule is COc1cc2c(c(OC)c1-c1ccc(OC)c3c(OC)cc(C)cc13)[C@@H](C)N[C@H](C)C2. The molecular weight excluding hydrogens is 390 g/mol. The van der Waals surface area contributed by atoms with E-state index in [-0.39, 0.29) is 6.04 Å². The molecule has 31 heavy (non-hydrogen) atoms. The first-order chi connectivity index (χ1) is 14.9. The van der Waals surface area contributed by atoms with Crippen LogP contribution in [0, 0.1) is 6.92 Å². The summed E-state index contributed by atoms with van der Waals surface area (Å²) in [7, 11) is 6.83. The summed E-state index contributed by atoms with van der Waals surface area (Å²) >= 11 is 0. The quantitative estimate of drug-likeness (QED) is 0.594. The van der Waals surface area contributed by atoms with Gasteiger partial charge in [-0.15, -0.1) is 0 Å². The molecule has 5 heteroatoms. The Balaban J connectivity index is 2.12. The molecule has 0 fully saturated rings. The average Bonchev–Trinajstić information content (AvgIpc) is 2.76. The highest BCUT2D eigenvalue weighted by molar-refractivity contribution is 6.06. The van der Waals surface area contributed by atoms with Gasteiger partial charge in [0.05, 0.1) is 39.4 Å². The van der Waals surface area contributed by atoms with Gasteiger partial charge in [-0.05, 0) is 73.5 Å². The van der Waals surface area contributed by atoms with Crippen molar-refractivity contribution in [1.82, 2.24) is 5.32 Å². The molecule has 164 valence electrons. The summed E-state index contributed by atoms with van der Waals surface area (Å²) in [5.41, 5.74) is 5.55. The lowest BCUT2D eigenvalue weighted by molar-refractivity contribution is 0.372. The van der Waals surface area contributed by atoms with Gasteiger partial charge in [0.15, 0.2) is 0 Å². The fraction of sp³-hybridized carbons (Fsp3) is 0.385.